The zero-order valence-electron chi connectivity index (χ0n) is 9.60. The summed E-state index contributed by atoms with van der Waals surface area (Å²) in [6.07, 6.45) is 3.40. The number of rotatable bonds is 7. The normalized spacial score (nSPS) is 10.3. The van der Waals surface area contributed by atoms with Gasteiger partial charge in [-0.25, -0.2) is 0 Å². The zero-order valence-corrected chi connectivity index (χ0v) is 9.60. The first-order valence-corrected chi connectivity index (χ1v) is 5.12. The summed E-state index contributed by atoms with van der Waals surface area (Å²) in [5.41, 5.74) is 0.582. The van der Waals surface area contributed by atoms with Crippen LogP contribution in [-0.2, 0) is 4.79 Å². The second-order valence-electron chi connectivity index (χ2n) is 3.90. The van der Waals surface area contributed by atoms with E-state index in [9.17, 15) is 4.79 Å². The summed E-state index contributed by atoms with van der Waals surface area (Å²) in [6.45, 7) is 7.18. The van der Waals surface area contributed by atoms with Gasteiger partial charge in [0, 0.05) is 12.1 Å². The van der Waals surface area contributed by atoms with Crippen LogP contribution in [0.15, 0.2) is 12.2 Å². The van der Waals surface area contributed by atoms with Crippen LogP contribution in [0, 0.1) is 0 Å². The number of hydrogen-bond acceptors (Lipinski definition) is 2. The van der Waals surface area contributed by atoms with Crippen LogP contribution in [0.1, 0.15) is 26.2 Å². The van der Waals surface area contributed by atoms with Gasteiger partial charge < -0.3 is 10.2 Å². The molecular weight excluding hydrogens is 176 g/mol. The van der Waals surface area contributed by atoms with Crippen molar-refractivity contribution in [1.29, 1.82) is 0 Å². The van der Waals surface area contributed by atoms with Gasteiger partial charge >= 0.3 is 0 Å². The average Bonchev–Trinajstić information content (AvgIpc) is 2.09. The Morgan fingerprint density at radius 1 is 1.29 bits per heavy atom. The van der Waals surface area contributed by atoms with Crippen LogP contribution in [-0.4, -0.2) is 38.0 Å². The molecule has 0 unspecified atom stereocenters. The van der Waals surface area contributed by atoms with E-state index in [1.807, 2.05) is 0 Å². The Balaban J connectivity index is 3.22. The van der Waals surface area contributed by atoms with Crippen LogP contribution in [0.2, 0.25) is 0 Å². The maximum Gasteiger partial charge on any atom is 0.246 e. The maximum absolute atomic E-state index is 11.1. The number of amides is 1. The van der Waals surface area contributed by atoms with Gasteiger partial charge in [0.2, 0.25) is 5.91 Å². The van der Waals surface area contributed by atoms with Gasteiger partial charge in [-0.1, -0.05) is 13.0 Å². The minimum Gasteiger partial charge on any atom is -0.352 e. The van der Waals surface area contributed by atoms with Crippen LogP contribution in [0.25, 0.3) is 0 Å². The van der Waals surface area contributed by atoms with E-state index >= 15 is 0 Å². The predicted octanol–water partition coefficient (Wildman–Crippen LogP) is 1.41. The van der Waals surface area contributed by atoms with Crippen molar-refractivity contribution in [2.75, 3.05) is 27.2 Å². The van der Waals surface area contributed by atoms with Crippen LogP contribution in [0.4, 0.5) is 0 Å². The van der Waals surface area contributed by atoms with Crippen LogP contribution in [0.3, 0.4) is 0 Å². The summed E-state index contributed by atoms with van der Waals surface area (Å²) >= 11 is 0. The van der Waals surface area contributed by atoms with Crippen molar-refractivity contribution in [3.05, 3.63) is 12.2 Å². The first kappa shape index (κ1) is 13.2. The third-order valence-corrected chi connectivity index (χ3v) is 1.96. The lowest BCUT2D eigenvalue weighted by Gasteiger charge is -2.09. The quantitative estimate of drug-likeness (QED) is 0.495. The van der Waals surface area contributed by atoms with E-state index in [1.165, 1.54) is 6.42 Å². The van der Waals surface area contributed by atoms with E-state index in [0.29, 0.717) is 5.57 Å². The van der Waals surface area contributed by atoms with E-state index in [4.69, 9.17) is 0 Å². The predicted molar refractivity (Wildman–Crippen MR) is 60.2 cm³/mol. The fourth-order valence-corrected chi connectivity index (χ4v) is 1.08. The van der Waals surface area contributed by atoms with Crippen molar-refractivity contribution in [1.82, 2.24) is 10.2 Å². The van der Waals surface area contributed by atoms with E-state index in [0.717, 1.165) is 25.9 Å². The van der Waals surface area contributed by atoms with Gasteiger partial charge in [-0.2, -0.15) is 0 Å². The Morgan fingerprint density at radius 3 is 2.43 bits per heavy atom. The Bertz CT molecular complexity index is 188. The fraction of sp³-hybridized carbons (Fsp3) is 0.727. The number of carbonyl (C=O) groups is 1. The standard InChI is InChI=1S/C11H22N2O/c1-10(2)11(14)12-8-6-5-7-9-13(3)4/h1,5-9H2,2-4H3,(H,12,14). The summed E-state index contributed by atoms with van der Waals surface area (Å²) in [4.78, 5) is 13.2. The molecule has 1 N–H and O–H groups in total. The summed E-state index contributed by atoms with van der Waals surface area (Å²) in [5, 5.41) is 2.82. The highest BCUT2D eigenvalue weighted by atomic mass is 16.1. The summed E-state index contributed by atoms with van der Waals surface area (Å²) in [7, 11) is 4.14. The summed E-state index contributed by atoms with van der Waals surface area (Å²) in [6, 6.07) is 0. The molecule has 3 heteroatoms. The van der Waals surface area contributed by atoms with Crippen molar-refractivity contribution < 1.29 is 4.79 Å². The van der Waals surface area contributed by atoms with Crippen molar-refractivity contribution in [2.24, 2.45) is 0 Å². The van der Waals surface area contributed by atoms with Gasteiger partial charge in [-0.15, -0.1) is 0 Å². The maximum atomic E-state index is 11.1. The zero-order chi connectivity index (χ0) is 11.0. The molecule has 0 aromatic rings. The largest absolute Gasteiger partial charge is 0.352 e. The number of nitrogens with zero attached hydrogens (tertiary/aromatic N) is 1. The van der Waals surface area contributed by atoms with Gasteiger partial charge in [-0.05, 0) is 40.4 Å². The molecule has 0 aliphatic heterocycles. The topological polar surface area (TPSA) is 32.3 Å². The average molecular weight is 198 g/mol. The van der Waals surface area contributed by atoms with E-state index in [2.05, 4.69) is 30.9 Å². The highest BCUT2D eigenvalue weighted by Gasteiger charge is 1.99. The molecule has 0 aromatic heterocycles. The van der Waals surface area contributed by atoms with Crippen molar-refractivity contribution in [2.45, 2.75) is 26.2 Å². The second-order valence-corrected chi connectivity index (χ2v) is 3.90. The van der Waals surface area contributed by atoms with Crippen LogP contribution in [0.5, 0.6) is 0 Å². The van der Waals surface area contributed by atoms with Crippen LogP contribution < -0.4 is 5.32 Å². The lowest BCUT2D eigenvalue weighted by atomic mass is 10.2. The molecule has 0 aliphatic rings. The molecule has 0 fully saturated rings. The summed E-state index contributed by atoms with van der Waals surface area (Å²) in [5.74, 6) is -0.0300. The van der Waals surface area contributed by atoms with Gasteiger partial charge in [0.15, 0.2) is 0 Å². The number of nitrogens with one attached hydrogen (secondary N) is 1. The minimum absolute atomic E-state index is 0.0300. The summed E-state index contributed by atoms with van der Waals surface area (Å²) < 4.78 is 0. The first-order chi connectivity index (χ1) is 6.54. The highest BCUT2D eigenvalue weighted by Crippen LogP contribution is 1.95. The lowest BCUT2D eigenvalue weighted by Crippen LogP contribution is -2.24. The van der Waals surface area contributed by atoms with E-state index < -0.39 is 0 Å². The number of hydrogen-bond donors (Lipinski definition) is 1. The third kappa shape index (κ3) is 7.80. The molecule has 0 saturated carbocycles. The minimum atomic E-state index is -0.0300. The van der Waals surface area contributed by atoms with Crippen molar-refractivity contribution in [3.63, 3.8) is 0 Å². The molecule has 0 aliphatic carbocycles. The Hall–Kier alpha value is -0.830. The Labute approximate surface area is 87.2 Å². The van der Waals surface area contributed by atoms with Crippen LogP contribution >= 0.6 is 0 Å². The monoisotopic (exact) mass is 198 g/mol. The van der Waals surface area contributed by atoms with E-state index in [1.54, 1.807) is 6.92 Å². The van der Waals surface area contributed by atoms with Gasteiger partial charge in [0.05, 0.1) is 0 Å². The molecule has 0 spiro atoms. The third-order valence-electron chi connectivity index (χ3n) is 1.96. The Kier molecular flexibility index (Phi) is 7.11. The fourth-order valence-electron chi connectivity index (χ4n) is 1.08. The van der Waals surface area contributed by atoms with Crippen molar-refractivity contribution >= 4 is 5.91 Å². The SMILES string of the molecule is C=C(C)C(=O)NCCCCCN(C)C. The van der Waals surface area contributed by atoms with Crippen molar-refractivity contribution in [3.8, 4) is 0 Å². The van der Waals surface area contributed by atoms with Gasteiger partial charge in [0.25, 0.3) is 0 Å². The van der Waals surface area contributed by atoms with E-state index in [-0.39, 0.29) is 5.91 Å². The smallest absolute Gasteiger partial charge is 0.246 e. The second kappa shape index (κ2) is 7.56. The Morgan fingerprint density at radius 2 is 1.93 bits per heavy atom. The van der Waals surface area contributed by atoms with Gasteiger partial charge in [0.1, 0.15) is 0 Å². The molecule has 0 saturated heterocycles. The highest BCUT2D eigenvalue weighted by molar-refractivity contribution is 5.91. The molecule has 14 heavy (non-hydrogen) atoms. The molecule has 1 amide bonds. The molecule has 0 aromatic carbocycles. The first-order valence-electron chi connectivity index (χ1n) is 5.12. The molecule has 0 heterocycles. The molecule has 0 radical (unpaired) electrons. The molecule has 0 atom stereocenters. The molecule has 3 nitrogen and oxygen atoms in total. The molecular formula is C11H22N2O. The lowest BCUT2D eigenvalue weighted by molar-refractivity contribution is -0.117. The number of carbonyl (C=O) groups excluding carboxylic acids is 1. The van der Waals surface area contributed by atoms with Gasteiger partial charge in [-0.3, -0.25) is 4.79 Å². The molecule has 0 rings (SSSR count). The molecule has 0 bridgehead atoms. The molecule has 82 valence electrons. The number of unbranched alkanes of at least 4 members (excludes halogenated alkanes) is 2.